The van der Waals surface area contributed by atoms with Crippen molar-refractivity contribution in [1.82, 2.24) is 0 Å². The number of aryl methyl sites for hydroxylation is 5. The topological polar surface area (TPSA) is 380 Å². The van der Waals surface area contributed by atoms with Gasteiger partial charge in [-0.3, -0.25) is 56.4 Å². The molecule has 8 rings (SSSR count). The highest BCUT2D eigenvalue weighted by molar-refractivity contribution is 5.86. The first-order valence-corrected chi connectivity index (χ1v) is 28.3. The summed E-state index contributed by atoms with van der Waals surface area (Å²) < 4.78 is 31.0. The van der Waals surface area contributed by atoms with E-state index in [0.717, 1.165) is 39.4 Å². The highest BCUT2D eigenvalue weighted by Gasteiger charge is 2.16. The van der Waals surface area contributed by atoms with Gasteiger partial charge in [-0.15, -0.1) is 12.8 Å². The molecule has 0 aliphatic carbocycles. The Morgan fingerprint density at radius 1 is 0.469 bits per heavy atom. The summed E-state index contributed by atoms with van der Waals surface area (Å²) in [5, 5.41) is 75.4. The number of methoxy groups -OCH3 is 1. The first-order chi connectivity index (χ1) is 45.9. The van der Waals surface area contributed by atoms with Gasteiger partial charge in [0.05, 0.1) is 51.2 Å². The first-order valence-electron chi connectivity index (χ1n) is 28.3. The number of benzene rings is 8. The lowest BCUT2D eigenvalue weighted by Gasteiger charge is -2.11. The van der Waals surface area contributed by atoms with Crippen LogP contribution in [0.4, 0.5) is 59.9 Å². The number of hydrogen-bond acceptors (Lipinski definition) is 21. The molecule has 0 bridgehead atoms. The summed E-state index contributed by atoms with van der Waals surface area (Å²) in [5.41, 5.74) is 9.65. The van der Waals surface area contributed by atoms with Crippen LogP contribution in [0.3, 0.4) is 0 Å². The zero-order chi connectivity index (χ0) is 70.7. The average Bonchev–Trinajstić information content (AvgIpc) is 0.945. The number of carbonyl (C=O) groups excluding carboxylic acids is 3. The first kappa shape index (κ1) is 75.5. The van der Waals surface area contributed by atoms with E-state index in [1.807, 2.05) is 69.3 Å². The molecule has 5 N–H and O–H groups in total. The lowest BCUT2D eigenvalue weighted by atomic mass is 10.1. The van der Waals surface area contributed by atoms with Crippen LogP contribution < -0.4 is 30.2 Å². The van der Waals surface area contributed by atoms with Crippen molar-refractivity contribution in [3.63, 3.8) is 0 Å². The highest BCUT2D eigenvalue weighted by atomic mass is 16.6. The number of phenolic OH excluding ortho intramolecular Hbond substituents is 1. The van der Waals surface area contributed by atoms with Crippen LogP contribution in [-0.2, 0) is 40.6 Å². The van der Waals surface area contributed by atoms with Gasteiger partial charge in [-0.2, -0.15) is 10.2 Å². The van der Waals surface area contributed by atoms with E-state index in [0.29, 0.717) is 45.2 Å². The fourth-order valence-corrected chi connectivity index (χ4v) is 7.64. The number of terminal acetylenes is 2. The standard InChI is InChI=1S/C19H19N3O3.C18H16N2O5.C16H16N2O4.C8H9NO3.C7H7NO4/c1-4-11-24-18-12-17(22-20-3)10-7-15(18)13-25-19(23)21-16-8-5-14(2)6-9-16;1-3-10-24-17-11-16(20(22)23)9-6-14(17)12-25-18(21)19-15-7-4-13(2)5-8-15;1-11-3-6-14(7-4-11)17-16(19)22-10-13-5-8-15(18(20)21)9-12(13)2;1-6-4-8(9(11)12)3-2-7(6)5-10;1-12-7-3-2-5(8(10)11)4-6(7)9/h1,5-10,12H,11,13H2,2-3H3,(H,21,23);1,4-9,11H,10,12H2,2H3,(H,19,21);3-9H,10H2,1-2H3,(H,17,19);2-4,10H,5H2,1H3;2-4,9H,1H3. The summed E-state index contributed by atoms with van der Waals surface area (Å²) >= 11 is 0. The van der Waals surface area contributed by atoms with E-state index in [2.05, 4.69) is 38.0 Å². The van der Waals surface area contributed by atoms with Crippen molar-refractivity contribution < 1.29 is 72.7 Å². The van der Waals surface area contributed by atoms with E-state index >= 15 is 0 Å². The number of azo groups is 1. The van der Waals surface area contributed by atoms with Gasteiger partial charge in [0.2, 0.25) is 0 Å². The molecule has 28 nitrogen and oxygen atoms in total. The van der Waals surface area contributed by atoms with Crippen LogP contribution in [0.15, 0.2) is 174 Å². The Morgan fingerprint density at radius 3 is 1.17 bits per heavy atom. The second-order valence-electron chi connectivity index (χ2n) is 19.8. The van der Waals surface area contributed by atoms with Gasteiger partial charge in [-0.1, -0.05) is 64.9 Å². The van der Waals surface area contributed by atoms with Crippen LogP contribution in [0.25, 0.3) is 0 Å². The molecule has 0 heterocycles. The van der Waals surface area contributed by atoms with Crippen molar-refractivity contribution in [3.05, 3.63) is 254 Å². The molecule has 0 radical (unpaired) electrons. The summed E-state index contributed by atoms with van der Waals surface area (Å²) in [7, 11) is 2.95. The number of ether oxygens (including phenoxy) is 6. The third-order valence-corrected chi connectivity index (χ3v) is 12.7. The number of anilines is 3. The molecular weight excluding hydrogens is 1250 g/mol. The second kappa shape index (κ2) is 39.3. The monoisotopic (exact) mass is 1310 g/mol. The molecule has 0 spiro atoms. The van der Waals surface area contributed by atoms with Gasteiger partial charge in [0.15, 0.2) is 11.5 Å². The third-order valence-electron chi connectivity index (χ3n) is 12.7. The molecule has 0 unspecified atom stereocenters. The molecule has 0 aromatic heterocycles. The van der Waals surface area contributed by atoms with Crippen molar-refractivity contribution in [2.24, 2.45) is 10.2 Å². The predicted octanol–water partition coefficient (Wildman–Crippen LogP) is 14.8. The molecule has 0 aliphatic heterocycles. The number of hydrogen-bond donors (Lipinski definition) is 5. The molecule has 3 amide bonds. The van der Waals surface area contributed by atoms with Gasteiger partial charge < -0.3 is 38.6 Å². The Hall–Kier alpha value is -13.0. The molecule has 0 saturated carbocycles. The number of non-ortho nitro benzene ring substituents is 4. The Morgan fingerprint density at radius 2 is 0.812 bits per heavy atom. The Labute approximate surface area is 551 Å². The molecule has 0 fully saturated rings. The number of aromatic hydroxyl groups is 1. The van der Waals surface area contributed by atoms with Crippen LogP contribution in [0, 0.1) is 99.8 Å². The number of nitro benzene ring substituents is 4. The summed E-state index contributed by atoms with van der Waals surface area (Å²) in [5.74, 6) is 5.38. The van der Waals surface area contributed by atoms with Gasteiger partial charge in [-0.05, 0) is 130 Å². The molecule has 0 saturated heterocycles. The number of carbonyl (C=O) groups is 3. The fraction of sp³-hybridized carbons (Fsp3) is 0.191. The van der Waals surface area contributed by atoms with Crippen molar-refractivity contribution in [2.45, 2.75) is 61.0 Å². The normalized spacial score (nSPS) is 9.94. The number of aliphatic hydroxyl groups is 1. The van der Waals surface area contributed by atoms with E-state index in [1.165, 1.54) is 61.7 Å². The van der Waals surface area contributed by atoms with Crippen LogP contribution >= 0.6 is 0 Å². The Kier molecular flexibility index (Phi) is 30.9. The zero-order valence-electron chi connectivity index (χ0n) is 53.0. The number of nitrogens with one attached hydrogen (secondary N) is 3. The number of aliphatic hydroxyl groups excluding tert-OH is 1. The van der Waals surface area contributed by atoms with Crippen molar-refractivity contribution in [1.29, 1.82) is 0 Å². The van der Waals surface area contributed by atoms with E-state index in [4.69, 9.17) is 51.5 Å². The SMILES string of the molecule is C#CCOc1cc(N=NC)ccc1COC(=O)Nc1ccc(C)cc1.C#CCOc1cc([N+](=O)[O-])ccc1COC(=O)Nc1ccc(C)cc1.COc1ccc([N+](=O)[O-])cc1O.Cc1cc([N+](=O)[O-])ccc1CO.Cc1ccc(NC(=O)OCc2ccc([N+](=O)[O-])cc2C)cc1. The maximum atomic E-state index is 11.9. The lowest BCUT2D eigenvalue weighted by Crippen LogP contribution is -2.14. The number of nitrogens with zero attached hydrogens (tertiary/aromatic N) is 6. The average molecular weight is 1310 g/mol. The minimum atomic E-state index is -0.648. The van der Waals surface area contributed by atoms with Crippen LogP contribution in [0.5, 0.6) is 23.0 Å². The van der Waals surface area contributed by atoms with Crippen LogP contribution in [0.1, 0.15) is 50.1 Å². The minimum absolute atomic E-state index is 0.0188. The van der Waals surface area contributed by atoms with Crippen molar-refractivity contribution in [2.75, 3.05) is 43.3 Å². The fourth-order valence-electron chi connectivity index (χ4n) is 7.64. The molecular formula is C68H67N9O19. The van der Waals surface area contributed by atoms with E-state index in [9.17, 15) is 54.8 Å². The Bertz CT molecular complexity index is 4030. The van der Waals surface area contributed by atoms with E-state index in [1.54, 1.807) is 75.5 Å². The van der Waals surface area contributed by atoms with E-state index < -0.39 is 38.0 Å². The second-order valence-corrected chi connectivity index (χ2v) is 19.8. The van der Waals surface area contributed by atoms with Gasteiger partial charge >= 0.3 is 18.3 Å². The van der Waals surface area contributed by atoms with Crippen molar-refractivity contribution in [3.8, 4) is 47.7 Å². The summed E-state index contributed by atoms with van der Waals surface area (Å²) in [6, 6.07) is 43.7. The smallest absolute Gasteiger partial charge is 0.411 e. The number of nitro groups is 4. The minimum Gasteiger partial charge on any atom is -0.504 e. The largest absolute Gasteiger partial charge is 0.504 e. The third kappa shape index (κ3) is 26.5. The molecule has 28 heteroatoms. The van der Waals surface area contributed by atoms with Crippen molar-refractivity contribution >= 4 is 63.8 Å². The molecule has 96 heavy (non-hydrogen) atoms. The highest BCUT2D eigenvalue weighted by Crippen LogP contribution is 2.31. The van der Waals surface area contributed by atoms with Crippen LogP contribution in [0.2, 0.25) is 0 Å². The van der Waals surface area contributed by atoms with Gasteiger partial charge in [0.25, 0.3) is 22.7 Å². The number of amides is 3. The van der Waals surface area contributed by atoms with E-state index in [-0.39, 0.29) is 79.6 Å². The molecule has 0 aliphatic rings. The van der Waals surface area contributed by atoms with Crippen LogP contribution in [-0.4, -0.2) is 75.6 Å². The van der Waals surface area contributed by atoms with Gasteiger partial charge in [0.1, 0.15) is 44.5 Å². The summed E-state index contributed by atoms with van der Waals surface area (Å²) in [4.78, 5) is 75.5. The number of phenols is 1. The van der Waals surface area contributed by atoms with Gasteiger partial charge in [0, 0.05) is 77.7 Å². The predicted molar refractivity (Wildman–Crippen MR) is 356 cm³/mol. The van der Waals surface area contributed by atoms with Gasteiger partial charge in [-0.25, -0.2) is 14.4 Å². The molecule has 0 atom stereocenters. The quantitative estimate of drug-likeness (QED) is 0.0155. The number of rotatable bonds is 20. The summed E-state index contributed by atoms with van der Waals surface area (Å²) in [6.07, 6.45) is 8.60. The Balaban J connectivity index is 0.000000263. The summed E-state index contributed by atoms with van der Waals surface area (Å²) in [6.45, 7) is 9.30. The maximum absolute atomic E-state index is 11.9. The molecule has 498 valence electrons. The maximum Gasteiger partial charge on any atom is 0.411 e. The molecule has 8 aromatic carbocycles. The lowest BCUT2D eigenvalue weighted by molar-refractivity contribution is -0.385. The molecule has 8 aromatic rings. The zero-order valence-corrected chi connectivity index (χ0v) is 53.0.